The first-order valence-electron chi connectivity index (χ1n) is 9.32. The van der Waals surface area contributed by atoms with Gasteiger partial charge in [0.05, 0.1) is 40.8 Å². The molecule has 158 valence electrons. The molecule has 2 heterocycles. The lowest BCUT2D eigenvalue weighted by molar-refractivity contribution is -0.125. The summed E-state index contributed by atoms with van der Waals surface area (Å²) in [5.74, 6) is -0.539. The van der Waals surface area contributed by atoms with Crippen molar-refractivity contribution in [3.8, 4) is 0 Å². The first-order valence-corrected chi connectivity index (χ1v) is 10.1. The zero-order valence-electron chi connectivity index (χ0n) is 15.9. The Labute approximate surface area is 184 Å². The van der Waals surface area contributed by atoms with Crippen LogP contribution in [0.2, 0.25) is 10.0 Å². The van der Waals surface area contributed by atoms with E-state index in [0.29, 0.717) is 22.2 Å². The smallest absolute Gasteiger partial charge is 0.253 e. The lowest BCUT2D eigenvalue weighted by Crippen LogP contribution is -2.49. The summed E-state index contributed by atoms with van der Waals surface area (Å²) in [5.41, 5.74) is 1.23. The van der Waals surface area contributed by atoms with E-state index in [2.05, 4.69) is 15.6 Å². The molecule has 0 aliphatic carbocycles. The van der Waals surface area contributed by atoms with Crippen molar-refractivity contribution >= 4 is 35.0 Å². The maximum Gasteiger partial charge on any atom is 0.253 e. The van der Waals surface area contributed by atoms with E-state index >= 15 is 0 Å². The van der Waals surface area contributed by atoms with E-state index < -0.39 is 18.2 Å². The quantitative estimate of drug-likeness (QED) is 0.563. The summed E-state index contributed by atoms with van der Waals surface area (Å²) in [5, 5.41) is 16.1. The molecule has 0 saturated carbocycles. The van der Waals surface area contributed by atoms with Gasteiger partial charge in [0.15, 0.2) is 0 Å². The average molecular weight is 450 g/mol. The van der Waals surface area contributed by atoms with Gasteiger partial charge in [-0.15, -0.1) is 0 Å². The summed E-state index contributed by atoms with van der Waals surface area (Å²) in [7, 11) is 0. The predicted molar refractivity (Wildman–Crippen MR) is 113 cm³/mol. The second-order valence-electron chi connectivity index (χ2n) is 6.75. The highest BCUT2D eigenvalue weighted by molar-refractivity contribution is 6.42. The number of hydrogen-bond acceptors (Lipinski definition) is 5. The first-order chi connectivity index (χ1) is 14.5. The summed E-state index contributed by atoms with van der Waals surface area (Å²) in [6.45, 7) is 0.00307. The lowest BCUT2D eigenvalue weighted by atomic mass is 10.0. The van der Waals surface area contributed by atoms with Gasteiger partial charge in [-0.25, -0.2) is 0 Å². The van der Waals surface area contributed by atoms with Crippen LogP contribution < -0.4 is 10.6 Å². The van der Waals surface area contributed by atoms with Crippen LogP contribution in [0, 0.1) is 0 Å². The maximum absolute atomic E-state index is 12.3. The number of carbonyl (C=O) groups is 2. The molecule has 0 fully saturated rings. The molecule has 2 amide bonds. The van der Waals surface area contributed by atoms with E-state index in [4.69, 9.17) is 27.9 Å². The molecule has 0 unspecified atom stereocenters. The maximum atomic E-state index is 12.3. The van der Waals surface area contributed by atoms with Gasteiger partial charge in [-0.3, -0.25) is 14.6 Å². The van der Waals surface area contributed by atoms with Gasteiger partial charge in [-0.05, 0) is 29.8 Å². The molecular weight excluding hydrogens is 429 g/mol. The SMILES string of the molecule is O=C(C[C@H]1C=C[C@@H](NC(=O)c2cccnc2)[C@@H](CO)O1)NCc1ccc(Cl)c(Cl)c1. The van der Waals surface area contributed by atoms with Crippen LogP contribution in [0.1, 0.15) is 22.3 Å². The highest BCUT2D eigenvalue weighted by Crippen LogP contribution is 2.22. The van der Waals surface area contributed by atoms with Gasteiger partial charge in [0.25, 0.3) is 5.91 Å². The number of aliphatic hydroxyl groups excluding tert-OH is 1. The monoisotopic (exact) mass is 449 g/mol. The number of ether oxygens (including phenoxy) is 1. The third kappa shape index (κ3) is 6.03. The fourth-order valence-corrected chi connectivity index (χ4v) is 3.29. The molecule has 3 atom stereocenters. The van der Waals surface area contributed by atoms with Crippen LogP contribution in [0.25, 0.3) is 0 Å². The minimum Gasteiger partial charge on any atom is -0.394 e. The molecule has 30 heavy (non-hydrogen) atoms. The van der Waals surface area contributed by atoms with Crippen LogP contribution in [0.5, 0.6) is 0 Å². The van der Waals surface area contributed by atoms with Crippen molar-refractivity contribution in [3.63, 3.8) is 0 Å². The third-order valence-corrected chi connectivity index (χ3v) is 5.28. The molecule has 3 N–H and O–H groups in total. The number of aliphatic hydroxyl groups is 1. The molecule has 1 aromatic heterocycles. The zero-order valence-corrected chi connectivity index (χ0v) is 17.4. The molecule has 7 nitrogen and oxygen atoms in total. The van der Waals surface area contributed by atoms with E-state index in [0.717, 1.165) is 5.56 Å². The Bertz CT molecular complexity index is 924. The van der Waals surface area contributed by atoms with E-state index in [9.17, 15) is 14.7 Å². The Morgan fingerprint density at radius 2 is 2.00 bits per heavy atom. The van der Waals surface area contributed by atoms with Gasteiger partial charge in [0.2, 0.25) is 5.91 Å². The number of rotatable bonds is 7. The van der Waals surface area contributed by atoms with Crippen molar-refractivity contribution in [3.05, 3.63) is 76.0 Å². The van der Waals surface area contributed by atoms with Crippen LogP contribution in [0.4, 0.5) is 0 Å². The molecule has 0 spiro atoms. The lowest BCUT2D eigenvalue weighted by Gasteiger charge is -2.31. The number of amides is 2. The van der Waals surface area contributed by atoms with Crippen molar-refractivity contribution in [2.24, 2.45) is 0 Å². The molecular formula is C21H21Cl2N3O4. The summed E-state index contributed by atoms with van der Waals surface area (Å²) >= 11 is 11.9. The van der Waals surface area contributed by atoms with E-state index in [-0.39, 0.29) is 24.8 Å². The predicted octanol–water partition coefficient (Wildman–Crippen LogP) is 2.51. The number of aromatic nitrogens is 1. The van der Waals surface area contributed by atoms with Crippen molar-refractivity contribution in [1.29, 1.82) is 0 Å². The van der Waals surface area contributed by atoms with Crippen molar-refractivity contribution in [2.45, 2.75) is 31.2 Å². The topological polar surface area (TPSA) is 101 Å². The van der Waals surface area contributed by atoms with Gasteiger partial charge in [0, 0.05) is 18.9 Å². The number of nitrogens with zero attached hydrogens (tertiary/aromatic N) is 1. The van der Waals surface area contributed by atoms with Crippen LogP contribution in [0.15, 0.2) is 54.9 Å². The highest BCUT2D eigenvalue weighted by atomic mass is 35.5. The largest absolute Gasteiger partial charge is 0.394 e. The Hall–Kier alpha value is -2.45. The second kappa shape index (κ2) is 10.5. The number of benzene rings is 1. The second-order valence-corrected chi connectivity index (χ2v) is 7.57. The summed E-state index contributed by atoms with van der Waals surface area (Å²) < 4.78 is 5.78. The molecule has 1 aromatic carbocycles. The minimum atomic E-state index is -0.663. The molecule has 0 saturated heterocycles. The van der Waals surface area contributed by atoms with Gasteiger partial charge in [0.1, 0.15) is 6.10 Å². The van der Waals surface area contributed by atoms with Gasteiger partial charge in [-0.1, -0.05) is 41.4 Å². The molecule has 0 radical (unpaired) electrons. The normalized spacial score (nSPS) is 20.6. The molecule has 2 aromatic rings. The fraction of sp³-hybridized carbons (Fsp3) is 0.286. The molecule has 1 aliphatic rings. The number of carbonyl (C=O) groups excluding carboxylic acids is 2. The van der Waals surface area contributed by atoms with E-state index in [1.54, 1.807) is 48.7 Å². The Morgan fingerprint density at radius 3 is 2.70 bits per heavy atom. The number of hydrogen-bond donors (Lipinski definition) is 3. The average Bonchev–Trinajstić information content (AvgIpc) is 2.76. The van der Waals surface area contributed by atoms with Gasteiger partial charge in [-0.2, -0.15) is 0 Å². The fourth-order valence-electron chi connectivity index (χ4n) is 2.97. The van der Waals surface area contributed by atoms with Crippen LogP contribution in [0.3, 0.4) is 0 Å². The van der Waals surface area contributed by atoms with Crippen LogP contribution >= 0.6 is 23.2 Å². The molecule has 1 aliphatic heterocycles. The minimum absolute atomic E-state index is 0.0809. The Balaban J connectivity index is 1.52. The third-order valence-electron chi connectivity index (χ3n) is 4.54. The van der Waals surface area contributed by atoms with Crippen LogP contribution in [-0.2, 0) is 16.1 Å². The van der Waals surface area contributed by atoms with E-state index in [1.807, 2.05) is 0 Å². The van der Waals surface area contributed by atoms with Crippen molar-refractivity contribution in [1.82, 2.24) is 15.6 Å². The first kappa shape index (κ1) is 22.2. The number of pyridine rings is 1. The summed E-state index contributed by atoms with van der Waals surface area (Å²) in [4.78, 5) is 28.5. The van der Waals surface area contributed by atoms with Crippen molar-refractivity contribution in [2.75, 3.05) is 6.61 Å². The van der Waals surface area contributed by atoms with Gasteiger partial charge >= 0.3 is 0 Å². The van der Waals surface area contributed by atoms with Crippen LogP contribution in [-0.4, -0.2) is 46.8 Å². The summed E-state index contributed by atoms with van der Waals surface area (Å²) in [6.07, 6.45) is 5.38. The number of nitrogens with one attached hydrogen (secondary N) is 2. The highest BCUT2D eigenvalue weighted by Gasteiger charge is 2.29. The van der Waals surface area contributed by atoms with Gasteiger partial charge < -0.3 is 20.5 Å². The van der Waals surface area contributed by atoms with Crippen molar-refractivity contribution < 1.29 is 19.4 Å². The molecule has 0 bridgehead atoms. The standard InChI is InChI=1S/C21H21Cl2N3O4/c22-16-5-3-13(8-17(16)23)10-25-20(28)9-15-4-6-18(19(12-27)30-15)26-21(29)14-2-1-7-24-11-14/h1-8,11,15,18-19,27H,9-10,12H2,(H,25,28)(H,26,29)/t15-,18-,19-/m1/s1. The Morgan fingerprint density at radius 1 is 1.17 bits per heavy atom. The molecule has 9 heteroatoms. The molecule has 3 rings (SSSR count). The Kier molecular flexibility index (Phi) is 7.81. The van der Waals surface area contributed by atoms with E-state index in [1.165, 1.54) is 6.20 Å². The number of halogens is 2. The zero-order chi connectivity index (χ0) is 21.5. The summed E-state index contributed by atoms with van der Waals surface area (Å²) in [6, 6.07) is 7.94.